The zero-order valence-corrected chi connectivity index (χ0v) is 13.6. The molecule has 0 aromatic heterocycles. The summed E-state index contributed by atoms with van der Waals surface area (Å²) in [6.07, 6.45) is 5.74. The van der Waals surface area contributed by atoms with E-state index in [9.17, 15) is 4.79 Å². The molecule has 23 heavy (non-hydrogen) atoms. The van der Waals surface area contributed by atoms with E-state index in [1.807, 2.05) is 29.2 Å². The second kappa shape index (κ2) is 7.28. The second-order valence-corrected chi connectivity index (χ2v) is 6.07. The van der Waals surface area contributed by atoms with Crippen LogP contribution in [0.2, 0.25) is 0 Å². The Balaban J connectivity index is 1.70. The molecule has 1 aliphatic rings. The summed E-state index contributed by atoms with van der Waals surface area (Å²) < 4.78 is 0. The van der Waals surface area contributed by atoms with Crippen LogP contribution in [0.15, 0.2) is 72.4 Å². The van der Waals surface area contributed by atoms with Crippen LogP contribution in [-0.2, 0) is 11.2 Å². The van der Waals surface area contributed by atoms with Gasteiger partial charge in [0.2, 0.25) is 5.91 Å². The molecule has 1 saturated heterocycles. The van der Waals surface area contributed by atoms with E-state index in [1.165, 1.54) is 16.8 Å². The molecule has 0 N–H and O–H groups in total. The van der Waals surface area contributed by atoms with Crippen molar-refractivity contribution >= 4 is 5.91 Å². The average Bonchev–Trinajstić information content (AvgIpc) is 2.97. The number of benzene rings is 2. The highest BCUT2D eigenvalue weighted by Gasteiger charge is 2.30. The molecule has 2 aromatic carbocycles. The number of carbonyl (C=O) groups is 1. The van der Waals surface area contributed by atoms with Gasteiger partial charge in [-0.3, -0.25) is 4.79 Å². The maximum Gasteiger partial charge on any atom is 0.227 e. The Morgan fingerprint density at radius 2 is 1.65 bits per heavy atom. The van der Waals surface area contributed by atoms with Gasteiger partial charge in [-0.05, 0) is 37.3 Å². The molecule has 1 fully saturated rings. The van der Waals surface area contributed by atoms with Gasteiger partial charge in [-0.2, -0.15) is 0 Å². The molecule has 0 spiro atoms. The molecule has 1 heterocycles. The van der Waals surface area contributed by atoms with Gasteiger partial charge in [-0.15, -0.1) is 0 Å². The minimum Gasteiger partial charge on any atom is -0.309 e. The molecule has 118 valence electrons. The van der Waals surface area contributed by atoms with Crippen LogP contribution in [-0.4, -0.2) is 10.8 Å². The largest absolute Gasteiger partial charge is 0.309 e. The quantitative estimate of drug-likeness (QED) is 0.770. The zero-order chi connectivity index (χ0) is 16.1. The summed E-state index contributed by atoms with van der Waals surface area (Å²) in [5.74, 6) is 0.243. The molecule has 1 amide bonds. The first-order chi connectivity index (χ1) is 11.3. The average molecular weight is 305 g/mol. The van der Waals surface area contributed by atoms with Gasteiger partial charge in [0.05, 0.1) is 6.04 Å². The molecular formula is C21H23NO. The maximum absolute atomic E-state index is 12.3. The number of rotatable bonds is 5. The highest BCUT2D eigenvalue weighted by molar-refractivity contribution is 5.81. The van der Waals surface area contributed by atoms with Gasteiger partial charge in [0.25, 0.3) is 0 Å². The van der Waals surface area contributed by atoms with Crippen molar-refractivity contribution < 1.29 is 4.79 Å². The predicted molar refractivity (Wildman–Crippen MR) is 93.8 cm³/mol. The van der Waals surface area contributed by atoms with Gasteiger partial charge < -0.3 is 4.90 Å². The van der Waals surface area contributed by atoms with Gasteiger partial charge in [0, 0.05) is 12.1 Å². The van der Waals surface area contributed by atoms with Gasteiger partial charge in [-0.1, -0.05) is 66.7 Å². The first-order valence-corrected chi connectivity index (χ1v) is 8.35. The molecule has 1 aliphatic heterocycles. The lowest BCUT2D eigenvalue weighted by Gasteiger charge is -2.26. The highest BCUT2D eigenvalue weighted by Crippen LogP contribution is 2.32. The number of hydrogen-bond donors (Lipinski definition) is 0. The van der Waals surface area contributed by atoms with Crippen molar-refractivity contribution in [1.29, 1.82) is 0 Å². The molecule has 2 aromatic rings. The van der Waals surface area contributed by atoms with Crippen LogP contribution in [0.3, 0.4) is 0 Å². The fraction of sp³-hybridized carbons (Fsp3) is 0.286. The summed E-state index contributed by atoms with van der Waals surface area (Å²) in [4.78, 5) is 14.3. The van der Waals surface area contributed by atoms with E-state index < -0.39 is 0 Å². The van der Waals surface area contributed by atoms with Gasteiger partial charge in [0.1, 0.15) is 0 Å². The Morgan fingerprint density at radius 1 is 1.00 bits per heavy atom. The topological polar surface area (TPSA) is 20.3 Å². The molecule has 0 unspecified atom stereocenters. The SMILES string of the molecule is C[C@H](c1ccccc1)N1C(=O)CC/C1=C\CCc1ccccc1. The van der Waals surface area contributed by atoms with Crippen molar-refractivity contribution in [3.63, 3.8) is 0 Å². The number of hydrogen-bond acceptors (Lipinski definition) is 1. The molecular weight excluding hydrogens is 282 g/mol. The van der Waals surface area contributed by atoms with E-state index >= 15 is 0 Å². The molecule has 0 aliphatic carbocycles. The minimum absolute atomic E-state index is 0.106. The number of likely N-dealkylation sites (tertiary alicyclic amines) is 1. The molecule has 0 saturated carbocycles. The Kier molecular flexibility index (Phi) is 4.92. The van der Waals surface area contributed by atoms with E-state index in [-0.39, 0.29) is 11.9 Å². The van der Waals surface area contributed by atoms with Gasteiger partial charge in [0.15, 0.2) is 0 Å². The summed E-state index contributed by atoms with van der Waals surface area (Å²) in [5, 5.41) is 0. The lowest BCUT2D eigenvalue weighted by molar-refractivity contribution is -0.128. The van der Waals surface area contributed by atoms with Crippen LogP contribution in [0.25, 0.3) is 0 Å². The second-order valence-electron chi connectivity index (χ2n) is 6.07. The van der Waals surface area contributed by atoms with Crippen LogP contribution in [0.4, 0.5) is 0 Å². The number of nitrogens with zero attached hydrogens (tertiary/aromatic N) is 1. The van der Waals surface area contributed by atoms with E-state index in [0.717, 1.165) is 19.3 Å². The Hall–Kier alpha value is -2.35. The molecule has 0 bridgehead atoms. The molecule has 2 nitrogen and oxygen atoms in total. The van der Waals surface area contributed by atoms with Crippen LogP contribution in [0.5, 0.6) is 0 Å². The normalized spacial score (nSPS) is 17.7. The minimum atomic E-state index is 0.106. The monoisotopic (exact) mass is 305 g/mol. The van der Waals surface area contributed by atoms with E-state index in [2.05, 4.69) is 49.4 Å². The zero-order valence-electron chi connectivity index (χ0n) is 13.6. The van der Waals surface area contributed by atoms with Crippen LogP contribution in [0.1, 0.15) is 43.4 Å². The standard InChI is InChI=1S/C21H23NO/c1-17(19-12-6-3-7-13-19)22-20(15-16-21(22)23)14-8-11-18-9-4-2-5-10-18/h2-7,9-10,12-14,17H,8,11,15-16H2,1H3/b20-14+/t17-/m1/s1. The fourth-order valence-electron chi connectivity index (χ4n) is 3.23. The number of carbonyl (C=O) groups excluding carboxylic acids is 1. The summed E-state index contributed by atoms with van der Waals surface area (Å²) in [5.41, 5.74) is 3.72. The lowest BCUT2D eigenvalue weighted by Crippen LogP contribution is -2.26. The number of aryl methyl sites for hydroxylation is 1. The summed E-state index contributed by atoms with van der Waals surface area (Å²) in [7, 11) is 0. The predicted octanol–water partition coefficient (Wildman–Crippen LogP) is 4.89. The van der Waals surface area contributed by atoms with Crippen LogP contribution in [0, 0.1) is 0 Å². The van der Waals surface area contributed by atoms with Crippen molar-refractivity contribution in [2.75, 3.05) is 0 Å². The first kappa shape index (κ1) is 15.5. The Morgan fingerprint density at radius 3 is 2.35 bits per heavy atom. The Bertz CT molecular complexity index is 676. The summed E-state index contributed by atoms with van der Waals surface area (Å²) in [6.45, 7) is 2.11. The lowest BCUT2D eigenvalue weighted by atomic mass is 10.1. The van der Waals surface area contributed by atoms with Crippen molar-refractivity contribution in [1.82, 2.24) is 4.90 Å². The molecule has 3 rings (SSSR count). The highest BCUT2D eigenvalue weighted by atomic mass is 16.2. The third-order valence-corrected chi connectivity index (χ3v) is 4.50. The van der Waals surface area contributed by atoms with E-state index in [4.69, 9.17) is 0 Å². The Labute approximate surface area is 138 Å². The number of amides is 1. The van der Waals surface area contributed by atoms with Gasteiger partial charge in [-0.25, -0.2) is 0 Å². The summed E-state index contributed by atoms with van der Waals surface area (Å²) in [6, 6.07) is 20.9. The van der Waals surface area contributed by atoms with Crippen molar-refractivity contribution in [2.24, 2.45) is 0 Å². The molecule has 2 heteroatoms. The van der Waals surface area contributed by atoms with E-state index in [1.54, 1.807) is 0 Å². The third-order valence-electron chi connectivity index (χ3n) is 4.50. The first-order valence-electron chi connectivity index (χ1n) is 8.35. The van der Waals surface area contributed by atoms with Gasteiger partial charge >= 0.3 is 0 Å². The molecule has 1 atom stereocenters. The third kappa shape index (κ3) is 3.70. The smallest absolute Gasteiger partial charge is 0.227 e. The van der Waals surface area contributed by atoms with Crippen LogP contribution >= 0.6 is 0 Å². The fourth-order valence-corrected chi connectivity index (χ4v) is 3.23. The maximum atomic E-state index is 12.3. The van der Waals surface area contributed by atoms with Crippen molar-refractivity contribution in [2.45, 2.75) is 38.6 Å². The van der Waals surface area contributed by atoms with E-state index in [0.29, 0.717) is 6.42 Å². The number of allylic oxidation sites excluding steroid dienone is 2. The van der Waals surface area contributed by atoms with Crippen LogP contribution < -0.4 is 0 Å². The summed E-state index contributed by atoms with van der Waals surface area (Å²) >= 11 is 0. The van der Waals surface area contributed by atoms with Crippen molar-refractivity contribution in [3.05, 3.63) is 83.6 Å². The van der Waals surface area contributed by atoms with Crippen molar-refractivity contribution in [3.8, 4) is 0 Å². The molecule has 0 radical (unpaired) electrons.